The molecule has 0 aliphatic rings. The van der Waals surface area contributed by atoms with Crippen LogP contribution < -0.4 is 5.32 Å². The molecule has 0 atom stereocenters. The van der Waals surface area contributed by atoms with Gasteiger partial charge in [0.1, 0.15) is 0 Å². The summed E-state index contributed by atoms with van der Waals surface area (Å²) in [5, 5.41) is 3.25. The minimum Gasteiger partial charge on any atom is -0.382 e. The van der Waals surface area contributed by atoms with E-state index in [2.05, 4.69) is 5.32 Å². The number of ether oxygens (including phenoxy) is 1. The molecule has 0 aromatic carbocycles. The van der Waals surface area contributed by atoms with Crippen molar-refractivity contribution in [2.75, 3.05) is 39.4 Å². The number of amides is 1. The van der Waals surface area contributed by atoms with Crippen LogP contribution in [0.15, 0.2) is 0 Å². The van der Waals surface area contributed by atoms with E-state index < -0.39 is 0 Å². The predicted molar refractivity (Wildman–Crippen MR) is 66.5 cm³/mol. The highest BCUT2D eigenvalue weighted by atomic mass is 16.5. The second kappa shape index (κ2) is 10.9. The second-order valence-electron chi connectivity index (χ2n) is 3.62. The summed E-state index contributed by atoms with van der Waals surface area (Å²) in [4.78, 5) is 13.5. The van der Waals surface area contributed by atoms with E-state index in [0.29, 0.717) is 6.42 Å². The highest BCUT2D eigenvalue weighted by molar-refractivity contribution is 5.76. The molecule has 1 amide bonds. The third kappa shape index (κ3) is 7.65. The van der Waals surface area contributed by atoms with Crippen molar-refractivity contribution in [1.29, 1.82) is 0 Å². The molecule has 0 aromatic rings. The lowest BCUT2D eigenvalue weighted by Crippen LogP contribution is -2.33. The van der Waals surface area contributed by atoms with E-state index in [1.165, 1.54) is 0 Å². The topological polar surface area (TPSA) is 41.6 Å². The van der Waals surface area contributed by atoms with Gasteiger partial charge in [-0.25, -0.2) is 0 Å². The van der Waals surface area contributed by atoms with Crippen LogP contribution in [0.1, 0.15) is 33.6 Å². The zero-order valence-corrected chi connectivity index (χ0v) is 10.9. The van der Waals surface area contributed by atoms with Gasteiger partial charge in [-0.15, -0.1) is 0 Å². The number of hydrogen-bond acceptors (Lipinski definition) is 3. The molecule has 0 spiro atoms. The molecule has 0 rings (SSSR count). The molecule has 0 fully saturated rings. The molecule has 0 saturated carbocycles. The zero-order chi connectivity index (χ0) is 12.2. The smallest absolute Gasteiger partial charge is 0.223 e. The highest BCUT2D eigenvalue weighted by Crippen LogP contribution is 1.92. The van der Waals surface area contributed by atoms with Crippen LogP contribution in [0.3, 0.4) is 0 Å². The van der Waals surface area contributed by atoms with Gasteiger partial charge in [-0.3, -0.25) is 4.79 Å². The van der Waals surface area contributed by atoms with Crippen LogP contribution in [-0.4, -0.2) is 50.2 Å². The van der Waals surface area contributed by atoms with Crippen molar-refractivity contribution in [3.63, 3.8) is 0 Å². The van der Waals surface area contributed by atoms with Gasteiger partial charge in [0, 0.05) is 39.3 Å². The molecule has 1 N–H and O–H groups in total. The maximum absolute atomic E-state index is 11.6. The largest absolute Gasteiger partial charge is 0.382 e. The molecule has 0 aliphatic heterocycles. The first kappa shape index (κ1) is 15.4. The van der Waals surface area contributed by atoms with Gasteiger partial charge in [0.25, 0.3) is 0 Å². The summed E-state index contributed by atoms with van der Waals surface area (Å²) in [7, 11) is 0. The van der Waals surface area contributed by atoms with Gasteiger partial charge < -0.3 is 15.0 Å². The number of hydrogen-bond donors (Lipinski definition) is 1. The fourth-order valence-corrected chi connectivity index (χ4v) is 1.50. The van der Waals surface area contributed by atoms with Gasteiger partial charge in [-0.1, -0.05) is 0 Å². The molecule has 0 aliphatic carbocycles. The lowest BCUT2D eigenvalue weighted by atomic mass is 10.3. The SMILES string of the molecule is CCOCCCNCCC(=O)N(CC)CC. The van der Waals surface area contributed by atoms with E-state index in [9.17, 15) is 4.79 Å². The van der Waals surface area contributed by atoms with E-state index >= 15 is 0 Å². The Balaban J connectivity index is 3.33. The average molecular weight is 230 g/mol. The molecule has 16 heavy (non-hydrogen) atoms. The van der Waals surface area contributed by atoms with Crippen molar-refractivity contribution < 1.29 is 9.53 Å². The molecule has 0 heterocycles. The predicted octanol–water partition coefficient (Wildman–Crippen LogP) is 1.26. The van der Waals surface area contributed by atoms with Gasteiger partial charge in [0.05, 0.1) is 0 Å². The third-order valence-electron chi connectivity index (χ3n) is 2.48. The first-order chi connectivity index (χ1) is 7.76. The molecule has 0 saturated heterocycles. The molecule has 4 heteroatoms. The fraction of sp³-hybridized carbons (Fsp3) is 0.917. The second-order valence-corrected chi connectivity index (χ2v) is 3.62. The summed E-state index contributed by atoms with van der Waals surface area (Å²) in [6.45, 7) is 10.9. The summed E-state index contributed by atoms with van der Waals surface area (Å²) in [5.74, 6) is 0.238. The maximum atomic E-state index is 11.6. The Bertz CT molecular complexity index is 170. The minimum absolute atomic E-state index is 0.238. The van der Waals surface area contributed by atoms with Crippen LogP contribution in [0, 0.1) is 0 Å². The van der Waals surface area contributed by atoms with Crippen LogP contribution in [0.5, 0.6) is 0 Å². The van der Waals surface area contributed by atoms with Crippen LogP contribution >= 0.6 is 0 Å². The quantitative estimate of drug-likeness (QED) is 0.575. The van der Waals surface area contributed by atoms with Gasteiger partial charge in [0.2, 0.25) is 5.91 Å². The Morgan fingerprint density at radius 3 is 2.44 bits per heavy atom. The van der Waals surface area contributed by atoms with Crippen molar-refractivity contribution in [2.45, 2.75) is 33.6 Å². The van der Waals surface area contributed by atoms with E-state index in [0.717, 1.165) is 45.8 Å². The van der Waals surface area contributed by atoms with Gasteiger partial charge in [-0.2, -0.15) is 0 Å². The fourth-order valence-electron chi connectivity index (χ4n) is 1.50. The van der Waals surface area contributed by atoms with Gasteiger partial charge >= 0.3 is 0 Å². The van der Waals surface area contributed by atoms with Crippen molar-refractivity contribution in [2.24, 2.45) is 0 Å². The number of nitrogens with zero attached hydrogens (tertiary/aromatic N) is 1. The maximum Gasteiger partial charge on any atom is 0.223 e. The first-order valence-corrected chi connectivity index (χ1v) is 6.32. The van der Waals surface area contributed by atoms with Crippen LogP contribution in [-0.2, 0) is 9.53 Å². The third-order valence-corrected chi connectivity index (χ3v) is 2.48. The standard InChI is InChI=1S/C12H26N2O2/c1-4-14(5-2)12(15)8-10-13-9-7-11-16-6-3/h13H,4-11H2,1-3H3. The molecule has 0 bridgehead atoms. The van der Waals surface area contributed by atoms with E-state index in [1.807, 2.05) is 25.7 Å². The van der Waals surface area contributed by atoms with Crippen LogP contribution in [0.2, 0.25) is 0 Å². The molecule has 4 nitrogen and oxygen atoms in total. The van der Waals surface area contributed by atoms with Crippen molar-refractivity contribution in [1.82, 2.24) is 10.2 Å². The summed E-state index contributed by atoms with van der Waals surface area (Å²) >= 11 is 0. The monoisotopic (exact) mass is 230 g/mol. The highest BCUT2D eigenvalue weighted by Gasteiger charge is 2.07. The number of rotatable bonds is 10. The summed E-state index contributed by atoms with van der Waals surface area (Å²) < 4.78 is 5.22. The molecule has 0 aromatic heterocycles. The first-order valence-electron chi connectivity index (χ1n) is 6.32. The Kier molecular flexibility index (Phi) is 10.5. The lowest BCUT2D eigenvalue weighted by Gasteiger charge is -2.18. The molecule has 96 valence electrons. The molecular formula is C12H26N2O2. The Morgan fingerprint density at radius 2 is 1.88 bits per heavy atom. The minimum atomic E-state index is 0.238. The summed E-state index contributed by atoms with van der Waals surface area (Å²) in [6, 6.07) is 0. The van der Waals surface area contributed by atoms with E-state index in [4.69, 9.17) is 4.74 Å². The molecule has 0 radical (unpaired) electrons. The van der Waals surface area contributed by atoms with Crippen molar-refractivity contribution in [3.8, 4) is 0 Å². The van der Waals surface area contributed by atoms with E-state index in [-0.39, 0.29) is 5.91 Å². The lowest BCUT2D eigenvalue weighted by molar-refractivity contribution is -0.130. The number of carbonyl (C=O) groups excluding carboxylic acids is 1. The van der Waals surface area contributed by atoms with Crippen LogP contribution in [0.4, 0.5) is 0 Å². The summed E-state index contributed by atoms with van der Waals surface area (Å²) in [5.41, 5.74) is 0. The normalized spacial score (nSPS) is 10.4. The average Bonchev–Trinajstić information content (AvgIpc) is 2.29. The van der Waals surface area contributed by atoms with Crippen molar-refractivity contribution >= 4 is 5.91 Å². The Labute approximate surface area is 99.3 Å². The Hall–Kier alpha value is -0.610. The van der Waals surface area contributed by atoms with Gasteiger partial charge in [-0.05, 0) is 33.7 Å². The van der Waals surface area contributed by atoms with Crippen molar-refractivity contribution in [3.05, 3.63) is 0 Å². The van der Waals surface area contributed by atoms with Crippen LogP contribution in [0.25, 0.3) is 0 Å². The van der Waals surface area contributed by atoms with Gasteiger partial charge in [0.15, 0.2) is 0 Å². The molecule has 0 unspecified atom stereocenters. The number of nitrogens with one attached hydrogen (secondary N) is 1. The number of carbonyl (C=O) groups is 1. The summed E-state index contributed by atoms with van der Waals surface area (Å²) in [6.07, 6.45) is 1.60. The molecular weight excluding hydrogens is 204 g/mol. The zero-order valence-electron chi connectivity index (χ0n) is 10.9. The van der Waals surface area contributed by atoms with E-state index in [1.54, 1.807) is 0 Å². The Morgan fingerprint density at radius 1 is 1.19 bits per heavy atom.